The lowest BCUT2D eigenvalue weighted by atomic mass is 10.0. The number of hydrogen-bond acceptors (Lipinski definition) is 2. The van der Waals surface area contributed by atoms with Crippen molar-refractivity contribution >= 4 is 28.6 Å². The van der Waals surface area contributed by atoms with Crippen LogP contribution in [-0.2, 0) is 4.74 Å². The van der Waals surface area contributed by atoms with Crippen molar-refractivity contribution in [3.8, 4) is 0 Å². The number of benzene rings is 1. The molecule has 0 heterocycles. The molecule has 0 spiro atoms. The standard InChI is InChI=1S/C11H13IO2/c1-7-6-9(11(13)14-3)4-5-10(7)8(2)12/h4-6,8H,1-3H3. The van der Waals surface area contributed by atoms with Crippen LogP contribution in [-0.4, -0.2) is 13.1 Å². The molecule has 0 radical (unpaired) electrons. The topological polar surface area (TPSA) is 26.3 Å². The van der Waals surface area contributed by atoms with Crippen LogP contribution in [0.15, 0.2) is 18.2 Å². The minimum Gasteiger partial charge on any atom is -0.465 e. The molecule has 0 bridgehead atoms. The maximum atomic E-state index is 11.2. The van der Waals surface area contributed by atoms with Crippen LogP contribution in [0.3, 0.4) is 0 Å². The molecule has 0 saturated carbocycles. The van der Waals surface area contributed by atoms with E-state index < -0.39 is 0 Å². The summed E-state index contributed by atoms with van der Waals surface area (Å²) in [6.45, 7) is 4.14. The van der Waals surface area contributed by atoms with Gasteiger partial charge in [0.1, 0.15) is 0 Å². The highest BCUT2D eigenvalue weighted by Crippen LogP contribution is 2.26. The molecule has 1 aromatic rings. The van der Waals surface area contributed by atoms with Gasteiger partial charge in [-0.2, -0.15) is 0 Å². The highest BCUT2D eigenvalue weighted by molar-refractivity contribution is 14.1. The normalized spacial score (nSPS) is 12.3. The molecule has 1 rings (SSSR count). The first-order chi connectivity index (χ1) is 6.56. The van der Waals surface area contributed by atoms with Gasteiger partial charge in [0.2, 0.25) is 0 Å². The van der Waals surface area contributed by atoms with Gasteiger partial charge in [0.05, 0.1) is 12.7 Å². The Kier molecular flexibility index (Phi) is 3.92. The molecule has 0 aliphatic carbocycles. The summed E-state index contributed by atoms with van der Waals surface area (Å²) in [5.74, 6) is -0.277. The summed E-state index contributed by atoms with van der Waals surface area (Å²) in [5.41, 5.74) is 3.01. The van der Waals surface area contributed by atoms with Crippen LogP contribution in [0.1, 0.15) is 32.3 Å². The van der Waals surface area contributed by atoms with E-state index in [2.05, 4.69) is 34.3 Å². The third kappa shape index (κ3) is 2.47. The van der Waals surface area contributed by atoms with Crippen molar-refractivity contribution in [3.05, 3.63) is 34.9 Å². The predicted molar refractivity (Wildman–Crippen MR) is 65.0 cm³/mol. The van der Waals surface area contributed by atoms with Crippen LogP contribution in [0, 0.1) is 6.92 Å². The molecule has 0 amide bonds. The van der Waals surface area contributed by atoms with Crippen LogP contribution in [0.25, 0.3) is 0 Å². The first kappa shape index (κ1) is 11.5. The fraction of sp³-hybridized carbons (Fsp3) is 0.364. The van der Waals surface area contributed by atoms with Gasteiger partial charge >= 0.3 is 5.97 Å². The van der Waals surface area contributed by atoms with Crippen LogP contribution < -0.4 is 0 Å². The predicted octanol–water partition coefficient (Wildman–Crippen LogP) is 3.28. The summed E-state index contributed by atoms with van der Waals surface area (Å²) >= 11 is 2.36. The summed E-state index contributed by atoms with van der Waals surface area (Å²) in [5, 5.41) is 0. The highest BCUT2D eigenvalue weighted by Gasteiger charge is 2.09. The second-order valence-electron chi connectivity index (χ2n) is 3.18. The van der Waals surface area contributed by atoms with E-state index in [9.17, 15) is 4.79 Å². The van der Waals surface area contributed by atoms with E-state index in [1.165, 1.54) is 12.7 Å². The lowest BCUT2D eigenvalue weighted by Gasteiger charge is -2.09. The third-order valence-corrected chi connectivity index (χ3v) is 2.79. The monoisotopic (exact) mass is 304 g/mol. The Bertz CT molecular complexity index is 345. The molecule has 1 unspecified atom stereocenters. The van der Waals surface area contributed by atoms with E-state index >= 15 is 0 Å². The van der Waals surface area contributed by atoms with Crippen LogP contribution in [0.4, 0.5) is 0 Å². The SMILES string of the molecule is COC(=O)c1ccc(C(C)I)c(C)c1. The Morgan fingerprint density at radius 3 is 2.57 bits per heavy atom. The van der Waals surface area contributed by atoms with E-state index in [0.717, 1.165) is 5.56 Å². The van der Waals surface area contributed by atoms with E-state index in [-0.39, 0.29) is 5.97 Å². The number of rotatable bonds is 2. The van der Waals surface area contributed by atoms with Crippen LogP contribution >= 0.6 is 22.6 Å². The Morgan fingerprint density at radius 1 is 1.50 bits per heavy atom. The lowest BCUT2D eigenvalue weighted by Crippen LogP contribution is -2.02. The van der Waals surface area contributed by atoms with E-state index in [1.54, 1.807) is 0 Å². The molecule has 2 nitrogen and oxygen atoms in total. The van der Waals surface area contributed by atoms with E-state index in [4.69, 9.17) is 0 Å². The summed E-state index contributed by atoms with van der Waals surface area (Å²) in [6.07, 6.45) is 0. The van der Waals surface area contributed by atoms with Crippen molar-refractivity contribution in [1.29, 1.82) is 0 Å². The molecule has 1 aromatic carbocycles. The molecule has 0 N–H and O–H groups in total. The smallest absolute Gasteiger partial charge is 0.337 e. The number of halogens is 1. The van der Waals surface area contributed by atoms with Crippen molar-refractivity contribution in [2.75, 3.05) is 7.11 Å². The van der Waals surface area contributed by atoms with E-state index in [1.807, 2.05) is 25.1 Å². The first-order valence-corrected chi connectivity index (χ1v) is 5.63. The molecule has 0 aliphatic rings. The van der Waals surface area contributed by atoms with Gasteiger partial charge in [-0.3, -0.25) is 0 Å². The molecule has 14 heavy (non-hydrogen) atoms. The van der Waals surface area contributed by atoms with Crippen molar-refractivity contribution in [3.63, 3.8) is 0 Å². The molecular formula is C11H13IO2. The molecule has 0 aliphatic heterocycles. The largest absolute Gasteiger partial charge is 0.465 e. The van der Waals surface area contributed by atoms with Gasteiger partial charge in [0, 0.05) is 3.92 Å². The summed E-state index contributed by atoms with van der Waals surface area (Å²) in [7, 11) is 1.40. The first-order valence-electron chi connectivity index (χ1n) is 4.39. The Morgan fingerprint density at radius 2 is 2.14 bits per heavy atom. The zero-order chi connectivity index (χ0) is 10.7. The molecule has 0 aromatic heterocycles. The fourth-order valence-corrected chi connectivity index (χ4v) is 2.07. The molecular weight excluding hydrogens is 291 g/mol. The number of carbonyl (C=O) groups excluding carboxylic acids is 1. The second-order valence-corrected chi connectivity index (χ2v) is 5.05. The third-order valence-electron chi connectivity index (χ3n) is 2.12. The molecule has 1 atom stereocenters. The summed E-state index contributed by atoms with van der Waals surface area (Å²) < 4.78 is 5.11. The zero-order valence-electron chi connectivity index (χ0n) is 8.50. The number of ether oxygens (including phenoxy) is 1. The van der Waals surface area contributed by atoms with Crippen molar-refractivity contribution in [2.24, 2.45) is 0 Å². The molecule has 3 heteroatoms. The van der Waals surface area contributed by atoms with Gasteiger partial charge in [-0.05, 0) is 37.1 Å². The number of methoxy groups -OCH3 is 1. The summed E-state index contributed by atoms with van der Waals surface area (Å²) in [6, 6.07) is 5.67. The van der Waals surface area contributed by atoms with Gasteiger partial charge in [-0.1, -0.05) is 28.7 Å². The van der Waals surface area contributed by atoms with Gasteiger partial charge in [0.25, 0.3) is 0 Å². The van der Waals surface area contributed by atoms with Gasteiger partial charge in [-0.25, -0.2) is 4.79 Å². The maximum Gasteiger partial charge on any atom is 0.337 e. The van der Waals surface area contributed by atoms with Gasteiger partial charge in [0.15, 0.2) is 0 Å². The Balaban J connectivity index is 3.06. The average Bonchev–Trinajstić information content (AvgIpc) is 2.15. The Labute approximate surface area is 97.8 Å². The average molecular weight is 304 g/mol. The number of alkyl halides is 1. The molecule has 0 saturated heterocycles. The van der Waals surface area contributed by atoms with Crippen molar-refractivity contribution < 1.29 is 9.53 Å². The van der Waals surface area contributed by atoms with E-state index in [0.29, 0.717) is 9.49 Å². The second kappa shape index (κ2) is 4.77. The minimum absolute atomic E-state index is 0.277. The van der Waals surface area contributed by atoms with Crippen LogP contribution in [0.5, 0.6) is 0 Å². The summed E-state index contributed by atoms with van der Waals surface area (Å²) in [4.78, 5) is 11.2. The van der Waals surface area contributed by atoms with Crippen molar-refractivity contribution in [2.45, 2.75) is 17.8 Å². The number of hydrogen-bond donors (Lipinski definition) is 0. The zero-order valence-corrected chi connectivity index (χ0v) is 10.7. The Hall–Kier alpha value is -0.580. The quantitative estimate of drug-likeness (QED) is 0.476. The number of aryl methyl sites for hydroxylation is 1. The minimum atomic E-state index is -0.277. The molecule has 76 valence electrons. The number of carbonyl (C=O) groups is 1. The van der Waals surface area contributed by atoms with Crippen molar-refractivity contribution in [1.82, 2.24) is 0 Å². The highest BCUT2D eigenvalue weighted by atomic mass is 127. The number of esters is 1. The fourth-order valence-electron chi connectivity index (χ4n) is 1.37. The lowest BCUT2D eigenvalue weighted by molar-refractivity contribution is 0.0600. The molecule has 0 fully saturated rings. The van der Waals surface area contributed by atoms with Crippen LogP contribution in [0.2, 0.25) is 0 Å². The van der Waals surface area contributed by atoms with Gasteiger partial charge < -0.3 is 4.74 Å². The maximum absolute atomic E-state index is 11.2. The van der Waals surface area contributed by atoms with Gasteiger partial charge in [-0.15, -0.1) is 0 Å².